The zero-order valence-electron chi connectivity index (χ0n) is 9.85. The molecule has 0 bridgehead atoms. The molecule has 7 heteroatoms. The minimum atomic E-state index is -0.331. The van der Waals surface area contributed by atoms with Crippen molar-refractivity contribution < 1.29 is 5.11 Å². The second kappa shape index (κ2) is 6.06. The Bertz CT molecular complexity index is 542. The molecule has 0 aliphatic carbocycles. The number of anilines is 2. The number of nitrogens with zero attached hydrogens (tertiary/aromatic N) is 2. The summed E-state index contributed by atoms with van der Waals surface area (Å²) in [6.45, 7) is -0.108. The van der Waals surface area contributed by atoms with E-state index in [1.54, 1.807) is 12.1 Å². The molecule has 5 nitrogen and oxygen atoms in total. The van der Waals surface area contributed by atoms with E-state index in [2.05, 4.69) is 15.3 Å². The summed E-state index contributed by atoms with van der Waals surface area (Å²) < 4.78 is 0. The van der Waals surface area contributed by atoms with Crippen LogP contribution >= 0.6 is 23.2 Å². The molecule has 1 heterocycles. The molecule has 1 aromatic heterocycles. The first kappa shape index (κ1) is 13.9. The molecule has 0 fully saturated rings. The highest BCUT2D eigenvalue weighted by Crippen LogP contribution is 2.21. The number of benzene rings is 1. The predicted molar refractivity (Wildman–Crippen MR) is 76.4 cm³/mol. The number of nitrogen functional groups attached to an aromatic ring is 1. The standard InChI is InChI=1S/C12H12Cl2N4O/c13-8-3-1-7(2-4-8)9(6-19)16-11-5-10(14)17-12(15)18-11/h1-5,9,19H,6H2,(H3,15,16,17,18). The van der Waals surface area contributed by atoms with Gasteiger partial charge >= 0.3 is 0 Å². The fraction of sp³-hybridized carbons (Fsp3) is 0.167. The number of hydrogen-bond donors (Lipinski definition) is 3. The molecule has 0 radical (unpaired) electrons. The average molecular weight is 299 g/mol. The van der Waals surface area contributed by atoms with Crippen molar-refractivity contribution in [3.8, 4) is 0 Å². The van der Waals surface area contributed by atoms with E-state index in [-0.39, 0.29) is 23.8 Å². The van der Waals surface area contributed by atoms with Gasteiger partial charge in [-0.1, -0.05) is 35.3 Å². The first-order valence-corrected chi connectivity index (χ1v) is 6.27. The summed E-state index contributed by atoms with van der Waals surface area (Å²) in [6.07, 6.45) is 0. The smallest absolute Gasteiger partial charge is 0.223 e. The Labute approximate surface area is 120 Å². The van der Waals surface area contributed by atoms with Crippen molar-refractivity contribution in [1.82, 2.24) is 9.97 Å². The number of aliphatic hydroxyl groups is 1. The lowest BCUT2D eigenvalue weighted by atomic mass is 10.1. The van der Waals surface area contributed by atoms with Gasteiger partial charge < -0.3 is 16.2 Å². The number of hydrogen-bond acceptors (Lipinski definition) is 5. The highest BCUT2D eigenvalue weighted by atomic mass is 35.5. The van der Waals surface area contributed by atoms with Crippen LogP contribution in [0.1, 0.15) is 11.6 Å². The zero-order chi connectivity index (χ0) is 13.8. The highest BCUT2D eigenvalue weighted by Gasteiger charge is 2.11. The molecule has 0 aliphatic heterocycles. The molecule has 1 aromatic carbocycles. The third kappa shape index (κ3) is 3.70. The number of nitrogens with one attached hydrogen (secondary N) is 1. The zero-order valence-corrected chi connectivity index (χ0v) is 11.4. The molecule has 0 saturated carbocycles. The predicted octanol–water partition coefficient (Wildman–Crippen LogP) is 2.51. The van der Waals surface area contributed by atoms with E-state index in [4.69, 9.17) is 28.9 Å². The normalized spacial score (nSPS) is 12.2. The third-order valence-electron chi connectivity index (χ3n) is 2.49. The SMILES string of the molecule is Nc1nc(Cl)cc(NC(CO)c2ccc(Cl)cc2)n1. The van der Waals surface area contributed by atoms with Crippen LogP contribution in [0.3, 0.4) is 0 Å². The van der Waals surface area contributed by atoms with Crippen LogP contribution in [0.2, 0.25) is 10.2 Å². The Balaban J connectivity index is 2.21. The lowest BCUT2D eigenvalue weighted by molar-refractivity contribution is 0.276. The Morgan fingerprint density at radius 2 is 1.89 bits per heavy atom. The number of nitrogens with two attached hydrogens (primary N) is 1. The maximum atomic E-state index is 9.45. The lowest BCUT2D eigenvalue weighted by Crippen LogP contribution is -2.16. The van der Waals surface area contributed by atoms with E-state index in [0.29, 0.717) is 10.8 Å². The molecule has 19 heavy (non-hydrogen) atoms. The number of aliphatic hydroxyl groups excluding tert-OH is 1. The lowest BCUT2D eigenvalue weighted by Gasteiger charge is -2.17. The number of rotatable bonds is 4. The monoisotopic (exact) mass is 298 g/mol. The molecule has 0 amide bonds. The molecule has 100 valence electrons. The summed E-state index contributed by atoms with van der Waals surface area (Å²) in [5.74, 6) is 0.522. The van der Waals surface area contributed by atoms with Crippen molar-refractivity contribution in [2.24, 2.45) is 0 Å². The van der Waals surface area contributed by atoms with Gasteiger partial charge in [-0.05, 0) is 17.7 Å². The second-order valence-electron chi connectivity index (χ2n) is 3.87. The molecule has 0 aliphatic rings. The molecule has 1 unspecified atom stereocenters. The summed E-state index contributed by atoms with van der Waals surface area (Å²) in [5.41, 5.74) is 6.38. The molecule has 2 aromatic rings. The van der Waals surface area contributed by atoms with Crippen LogP contribution in [0.5, 0.6) is 0 Å². The largest absolute Gasteiger partial charge is 0.394 e. The molecule has 4 N–H and O–H groups in total. The van der Waals surface area contributed by atoms with E-state index in [1.807, 2.05) is 12.1 Å². The van der Waals surface area contributed by atoms with E-state index < -0.39 is 0 Å². The first-order valence-electron chi connectivity index (χ1n) is 5.51. The van der Waals surface area contributed by atoms with Crippen LogP contribution in [0, 0.1) is 0 Å². The van der Waals surface area contributed by atoms with Crippen molar-refractivity contribution >= 4 is 35.0 Å². The second-order valence-corrected chi connectivity index (χ2v) is 4.69. The fourth-order valence-corrected chi connectivity index (χ4v) is 1.93. The van der Waals surface area contributed by atoms with Crippen molar-refractivity contribution in [3.63, 3.8) is 0 Å². The molecule has 2 rings (SSSR count). The van der Waals surface area contributed by atoms with Crippen LogP contribution in [0.25, 0.3) is 0 Å². The summed E-state index contributed by atoms with van der Waals surface area (Å²) in [4.78, 5) is 7.76. The van der Waals surface area contributed by atoms with Crippen LogP contribution in [-0.4, -0.2) is 21.7 Å². The quantitative estimate of drug-likeness (QED) is 0.755. The van der Waals surface area contributed by atoms with Crippen molar-refractivity contribution in [2.45, 2.75) is 6.04 Å². The van der Waals surface area contributed by atoms with E-state index in [0.717, 1.165) is 5.56 Å². The molecule has 0 spiro atoms. The van der Waals surface area contributed by atoms with Gasteiger partial charge in [-0.25, -0.2) is 4.98 Å². The third-order valence-corrected chi connectivity index (χ3v) is 2.93. The van der Waals surface area contributed by atoms with Crippen molar-refractivity contribution in [1.29, 1.82) is 0 Å². The Morgan fingerprint density at radius 1 is 1.21 bits per heavy atom. The molecule has 0 saturated heterocycles. The first-order chi connectivity index (χ1) is 9.08. The Hall–Kier alpha value is -1.56. The topological polar surface area (TPSA) is 84.1 Å². The summed E-state index contributed by atoms with van der Waals surface area (Å²) in [7, 11) is 0. The van der Waals surface area contributed by atoms with Gasteiger partial charge in [0.2, 0.25) is 5.95 Å². The minimum absolute atomic E-state index is 0.0720. The van der Waals surface area contributed by atoms with Gasteiger partial charge in [0.05, 0.1) is 12.6 Å². The minimum Gasteiger partial charge on any atom is -0.394 e. The Kier molecular flexibility index (Phi) is 4.42. The van der Waals surface area contributed by atoms with Crippen LogP contribution in [0.4, 0.5) is 11.8 Å². The van der Waals surface area contributed by atoms with Gasteiger partial charge in [0.1, 0.15) is 11.0 Å². The van der Waals surface area contributed by atoms with E-state index in [9.17, 15) is 5.11 Å². The van der Waals surface area contributed by atoms with Crippen molar-refractivity contribution in [2.75, 3.05) is 17.7 Å². The number of halogens is 2. The van der Waals surface area contributed by atoms with Crippen LogP contribution < -0.4 is 11.1 Å². The van der Waals surface area contributed by atoms with Gasteiger partial charge in [-0.15, -0.1) is 0 Å². The maximum Gasteiger partial charge on any atom is 0.223 e. The van der Waals surface area contributed by atoms with Crippen LogP contribution in [-0.2, 0) is 0 Å². The van der Waals surface area contributed by atoms with Gasteiger partial charge in [0.25, 0.3) is 0 Å². The summed E-state index contributed by atoms with van der Waals surface area (Å²) >= 11 is 11.6. The van der Waals surface area contributed by atoms with Crippen molar-refractivity contribution in [3.05, 3.63) is 46.1 Å². The van der Waals surface area contributed by atoms with Gasteiger partial charge in [-0.2, -0.15) is 4.98 Å². The van der Waals surface area contributed by atoms with E-state index >= 15 is 0 Å². The highest BCUT2D eigenvalue weighted by molar-refractivity contribution is 6.30. The molecular formula is C12H12Cl2N4O. The van der Waals surface area contributed by atoms with Gasteiger partial charge in [0.15, 0.2) is 0 Å². The van der Waals surface area contributed by atoms with E-state index in [1.165, 1.54) is 6.07 Å². The van der Waals surface area contributed by atoms with Crippen LogP contribution in [0.15, 0.2) is 30.3 Å². The van der Waals surface area contributed by atoms with Gasteiger partial charge in [-0.3, -0.25) is 0 Å². The summed E-state index contributed by atoms with van der Waals surface area (Å²) in [6, 6.07) is 8.36. The number of aromatic nitrogens is 2. The maximum absolute atomic E-state index is 9.45. The molecule has 1 atom stereocenters. The Morgan fingerprint density at radius 3 is 2.47 bits per heavy atom. The average Bonchev–Trinajstić information content (AvgIpc) is 2.36. The van der Waals surface area contributed by atoms with Gasteiger partial charge in [0, 0.05) is 11.1 Å². The summed E-state index contributed by atoms with van der Waals surface area (Å²) in [5, 5.41) is 13.4. The molecular weight excluding hydrogens is 287 g/mol. The fourth-order valence-electron chi connectivity index (χ4n) is 1.62.